The van der Waals surface area contributed by atoms with Gasteiger partial charge in [0.2, 0.25) is 0 Å². The minimum Gasteiger partial charge on any atom is -0.491 e. The number of benzene rings is 2. The van der Waals surface area contributed by atoms with Crippen LogP contribution < -0.4 is 10.1 Å². The highest BCUT2D eigenvalue weighted by Gasteiger charge is 1.96. The fourth-order valence-corrected chi connectivity index (χ4v) is 2.53. The summed E-state index contributed by atoms with van der Waals surface area (Å²) < 4.78 is 22.0. The van der Waals surface area contributed by atoms with Gasteiger partial charge < -0.3 is 24.3 Å². The Bertz CT molecular complexity index is 683. The lowest BCUT2D eigenvalue weighted by atomic mass is 10.1. The second-order valence-corrected chi connectivity index (χ2v) is 6.46. The van der Waals surface area contributed by atoms with Gasteiger partial charge in [0.05, 0.1) is 33.0 Å². The van der Waals surface area contributed by atoms with Crippen LogP contribution in [-0.4, -0.2) is 53.3 Å². The minimum absolute atomic E-state index is 0.520. The van der Waals surface area contributed by atoms with E-state index in [1.54, 1.807) is 0 Å². The summed E-state index contributed by atoms with van der Waals surface area (Å²) in [5, 5.41) is 3.12. The van der Waals surface area contributed by atoms with E-state index in [0.717, 1.165) is 30.0 Å². The van der Waals surface area contributed by atoms with Crippen LogP contribution in [0.5, 0.6) is 5.75 Å². The van der Waals surface area contributed by atoms with Gasteiger partial charge in [-0.25, -0.2) is 0 Å². The molecule has 0 amide bonds. The highest BCUT2D eigenvalue weighted by Crippen LogP contribution is 2.15. The summed E-state index contributed by atoms with van der Waals surface area (Å²) in [4.78, 5) is 0. The van der Waals surface area contributed by atoms with Crippen molar-refractivity contribution in [2.24, 2.45) is 0 Å². The standard InChI is InChI=1S/C24H33NO4/c1-3-14-26-15-16-27-17-18-28-19-20-29-24-12-8-22(9-13-24)5-4-21-6-10-23(25-2)11-7-21/h4-13,25H,3,14-20H2,1-2H3/b5-4+. The average molecular weight is 400 g/mol. The predicted octanol–water partition coefficient (Wildman–Crippen LogP) is 4.74. The van der Waals surface area contributed by atoms with E-state index in [1.165, 1.54) is 5.56 Å². The van der Waals surface area contributed by atoms with Gasteiger partial charge in [0.15, 0.2) is 0 Å². The molecule has 2 rings (SSSR count). The Morgan fingerprint density at radius 3 is 1.66 bits per heavy atom. The Morgan fingerprint density at radius 2 is 1.14 bits per heavy atom. The van der Waals surface area contributed by atoms with Crippen LogP contribution in [0.4, 0.5) is 5.69 Å². The molecule has 0 saturated carbocycles. The molecule has 0 aromatic heterocycles. The van der Waals surface area contributed by atoms with Gasteiger partial charge in [0.25, 0.3) is 0 Å². The van der Waals surface area contributed by atoms with Gasteiger partial charge in [-0.1, -0.05) is 43.3 Å². The molecular weight excluding hydrogens is 366 g/mol. The molecule has 0 radical (unpaired) electrons. The number of nitrogens with one attached hydrogen (secondary N) is 1. The normalized spacial score (nSPS) is 11.1. The number of ether oxygens (including phenoxy) is 4. The van der Waals surface area contributed by atoms with E-state index in [1.807, 2.05) is 31.3 Å². The first kappa shape index (κ1) is 22.9. The average Bonchev–Trinajstić information content (AvgIpc) is 2.77. The highest BCUT2D eigenvalue weighted by molar-refractivity contribution is 5.70. The van der Waals surface area contributed by atoms with Crippen LogP contribution in [0.2, 0.25) is 0 Å². The molecule has 29 heavy (non-hydrogen) atoms. The molecule has 0 aliphatic heterocycles. The molecule has 2 aromatic carbocycles. The van der Waals surface area contributed by atoms with Gasteiger partial charge in [-0.3, -0.25) is 0 Å². The molecule has 0 unspecified atom stereocenters. The summed E-state index contributed by atoms with van der Waals surface area (Å²) in [7, 11) is 1.92. The van der Waals surface area contributed by atoms with Gasteiger partial charge in [0.1, 0.15) is 12.4 Å². The Balaban J connectivity index is 1.56. The van der Waals surface area contributed by atoms with Gasteiger partial charge in [-0.15, -0.1) is 0 Å². The van der Waals surface area contributed by atoms with E-state index in [4.69, 9.17) is 18.9 Å². The maximum Gasteiger partial charge on any atom is 0.119 e. The van der Waals surface area contributed by atoms with E-state index in [0.29, 0.717) is 39.6 Å². The molecule has 158 valence electrons. The molecule has 1 N–H and O–H groups in total. The first-order valence-corrected chi connectivity index (χ1v) is 10.2. The van der Waals surface area contributed by atoms with Crippen molar-refractivity contribution in [3.63, 3.8) is 0 Å². The van der Waals surface area contributed by atoms with E-state index in [2.05, 4.69) is 48.7 Å². The maximum absolute atomic E-state index is 5.70. The third-order valence-electron chi connectivity index (χ3n) is 4.14. The van der Waals surface area contributed by atoms with Crippen LogP contribution in [0.25, 0.3) is 12.2 Å². The Hall–Kier alpha value is -2.34. The zero-order chi connectivity index (χ0) is 20.6. The van der Waals surface area contributed by atoms with Crippen LogP contribution in [0.3, 0.4) is 0 Å². The summed E-state index contributed by atoms with van der Waals surface area (Å²) in [6.07, 6.45) is 5.23. The summed E-state index contributed by atoms with van der Waals surface area (Å²) in [6, 6.07) is 16.3. The summed E-state index contributed by atoms with van der Waals surface area (Å²) >= 11 is 0. The molecule has 0 saturated heterocycles. The summed E-state index contributed by atoms with van der Waals surface area (Å²) in [5.74, 6) is 0.841. The summed E-state index contributed by atoms with van der Waals surface area (Å²) in [5.41, 5.74) is 3.41. The smallest absolute Gasteiger partial charge is 0.119 e. The molecule has 5 heteroatoms. The number of hydrogen-bond acceptors (Lipinski definition) is 5. The maximum atomic E-state index is 5.70. The largest absolute Gasteiger partial charge is 0.491 e. The molecule has 0 fully saturated rings. The lowest BCUT2D eigenvalue weighted by Crippen LogP contribution is -2.12. The highest BCUT2D eigenvalue weighted by atomic mass is 16.6. The molecule has 0 heterocycles. The predicted molar refractivity (Wildman–Crippen MR) is 120 cm³/mol. The van der Waals surface area contributed by atoms with Crippen LogP contribution in [0.15, 0.2) is 48.5 Å². The Labute approximate surface area is 174 Å². The SMILES string of the molecule is CCCOCCOCCOCCOc1ccc(/C=C/c2ccc(NC)cc2)cc1. The fourth-order valence-electron chi connectivity index (χ4n) is 2.53. The Kier molecular flexibility index (Phi) is 11.6. The minimum atomic E-state index is 0.520. The zero-order valence-electron chi connectivity index (χ0n) is 17.6. The third-order valence-corrected chi connectivity index (χ3v) is 4.14. The quantitative estimate of drug-likeness (QED) is 0.346. The summed E-state index contributed by atoms with van der Waals surface area (Å²) in [6.45, 7) is 6.34. The van der Waals surface area contributed by atoms with Crippen molar-refractivity contribution in [2.75, 3.05) is 58.6 Å². The Morgan fingerprint density at radius 1 is 0.655 bits per heavy atom. The van der Waals surface area contributed by atoms with Gasteiger partial charge >= 0.3 is 0 Å². The number of anilines is 1. The van der Waals surface area contributed by atoms with Crippen molar-refractivity contribution in [3.05, 3.63) is 59.7 Å². The van der Waals surface area contributed by atoms with Gasteiger partial charge in [-0.05, 0) is 41.8 Å². The molecular formula is C24H33NO4. The monoisotopic (exact) mass is 399 g/mol. The van der Waals surface area contributed by atoms with Crippen molar-refractivity contribution >= 4 is 17.8 Å². The van der Waals surface area contributed by atoms with E-state index in [-0.39, 0.29) is 0 Å². The fraction of sp³-hybridized carbons (Fsp3) is 0.417. The van der Waals surface area contributed by atoms with Crippen molar-refractivity contribution in [1.82, 2.24) is 0 Å². The lowest BCUT2D eigenvalue weighted by molar-refractivity contribution is 0.00945. The first-order chi connectivity index (χ1) is 14.3. The zero-order valence-corrected chi connectivity index (χ0v) is 17.6. The van der Waals surface area contributed by atoms with Gasteiger partial charge in [-0.2, -0.15) is 0 Å². The van der Waals surface area contributed by atoms with Crippen molar-refractivity contribution in [2.45, 2.75) is 13.3 Å². The molecule has 0 aliphatic rings. The molecule has 0 atom stereocenters. The van der Waals surface area contributed by atoms with Crippen LogP contribution in [0, 0.1) is 0 Å². The van der Waals surface area contributed by atoms with Crippen LogP contribution >= 0.6 is 0 Å². The topological polar surface area (TPSA) is 49.0 Å². The van der Waals surface area contributed by atoms with E-state index in [9.17, 15) is 0 Å². The molecule has 0 spiro atoms. The van der Waals surface area contributed by atoms with Crippen molar-refractivity contribution in [3.8, 4) is 5.75 Å². The van der Waals surface area contributed by atoms with E-state index < -0.39 is 0 Å². The van der Waals surface area contributed by atoms with E-state index >= 15 is 0 Å². The lowest BCUT2D eigenvalue weighted by Gasteiger charge is -2.08. The number of hydrogen-bond donors (Lipinski definition) is 1. The van der Waals surface area contributed by atoms with Crippen molar-refractivity contribution in [1.29, 1.82) is 0 Å². The van der Waals surface area contributed by atoms with Crippen LogP contribution in [-0.2, 0) is 14.2 Å². The first-order valence-electron chi connectivity index (χ1n) is 10.2. The molecule has 0 bridgehead atoms. The molecule has 5 nitrogen and oxygen atoms in total. The third kappa shape index (κ3) is 10.1. The molecule has 0 aliphatic carbocycles. The molecule has 2 aromatic rings. The number of rotatable bonds is 15. The van der Waals surface area contributed by atoms with Gasteiger partial charge in [0, 0.05) is 19.3 Å². The van der Waals surface area contributed by atoms with Crippen molar-refractivity contribution < 1.29 is 18.9 Å². The van der Waals surface area contributed by atoms with Crippen LogP contribution in [0.1, 0.15) is 24.5 Å². The second-order valence-electron chi connectivity index (χ2n) is 6.46. The second kappa shape index (κ2) is 14.6.